The van der Waals surface area contributed by atoms with Gasteiger partial charge in [-0.3, -0.25) is 0 Å². The van der Waals surface area contributed by atoms with Crippen LogP contribution in [0.25, 0.3) is 0 Å². The molecule has 1 aliphatic carbocycles. The quantitative estimate of drug-likeness (QED) is 0.531. The van der Waals surface area contributed by atoms with Crippen LogP contribution in [0.4, 0.5) is 5.69 Å². The predicted molar refractivity (Wildman–Crippen MR) is 126 cm³/mol. The first-order valence-electron chi connectivity index (χ1n) is 11.7. The molecule has 2 aromatic carbocycles. The number of rotatable bonds is 7. The van der Waals surface area contributed by atoms with Gasteiger partial charge >= 0.3 is 5.97 Å². The summed E-state index contributed by atoms with van der Waals surface area (Å²) in [6.45, 7) is 4.07. The van der Waals surface area contributed by atoms with Gasteiger partial charge in [0.1, 0.15) is 17.1 Å². The molecule has 1 saturated carbocycles. The summed E-state index contributed by atoms with van der Waals surface area (Å²) >= 11 is 0. The van der Waals surface area contributed by atoms with Crippen LogP contribution in [-0.2, 0) is 16.0 Å². The number of benzene rings is 2. The van der Waals surface area contributed by atoms with Crippen molar-refractivity contribution in [2.75, 3.05) is 4.90 Å². The van der Waals surface area contributed by atoms with Crippen LogP contribution in [0.1, 0.15) is 57.9 Å². The SMILES string of the molecule is CC(C)C1(CCc2ccc(O)cc2)CC(O)=C(N(c2ccccc2)C2CCCC2)C(=O)O1. The molecule has 1 atom stereocenters. The Bertz CT molecular complexity index is 961. The summed E-state index contributed by atoms with van der Waals surface area (Å²) in [5, 5.41) is 20.8. The van der Waals surface area contributed by atoms with E-state index in [0.717, 1.165) is 36.9 Å². The Balaban J connectivity index is 1.64. The zero-order valence-electron chi connectivity index (χ0n) is 19.0. The lowest BCUT2D eigenvalue weighted by atomic mass is 9.79. The molecule has 0 spiro atoms. The summed E-state index contributed by atoms with van der Waals surface area (Å²) in [6, 6.07) is 17.1. The normalized spacial score (nSPS) is 21.8. The third kappa shape index (κ3) is 4.47. The molecular weight excluding hydrogens is 402 g/mol. The third-order valence-corrected chi connectivity index (χ3v) is 7.02. The molecular formula is C27H33NO4. The zero-order valence-corrected chi connectivity index (χ0v) is 19.0. The lowest BCUT2D eigenvalue weighted by Crippen LogP contribution is -2.49. The van der Waals surface area contributed by atoms with E-state index in [4.69, 9.17) is 4.74 Å². The maximum atomic E-state index is 13.4. The highest BCUT2D eigenvalue weighted by Gasteiger charge is 2.46. The number of aliphatic hydroxyl groups excluding tert-OH is 1. The number of carbonyl (C=O) groups excluding carboxylic acids is 1. The van der Waals surface area contributed by atoms with Gasteiger partial charge in [0.15, 0.2) is 5.70 Å². The van der Waals surface area contributed by atoms with Crippen molar-refractivity contribution in [1.29, 1.82) is 0 Å². The number of carbonyl (C=O) groups is 1. The van der Waals surface area contributed by atoms with E-state index in [2.05, 4.69) is 0 Å². The molecule has 1 fully saturated rings. The van der Waals surface area contributed by atoms with Crippen molar-refractivity contribution in [3.63, 3.8) is 0 Å². The van der Waals surface area contributed by atoms with Crippen molar-refractivity contribution in [3.8, 4) is 5.75 Å². The van der Waals surface area contributed by atoms with E-state index in [1.807, 2.05) is 61.2 Å². The highest BCUT2D eigenvalue weighted by Crippen LogP contribution is 2.42. The van der Waals surface area contributed by atoms with Crippen molar-refractivity contribution in [2.24, 2.45) is 5.92 Å². The number of aliphatic hydroxyl groups is 1. The van der Waals surface area contributed by atoms with Gasteiger partial charge in [-0.2, -0.15) is 0 Å². The van der Waals surface area contributed by atoms with Gasteiger partial charge in [0.2, 0.25) is 0 Å². The number of nitrogens with zero attached hydrogens (tertiary/aromatic N) is 1. The van der Waals surface area contributed by atoms with Crippen LogP contribution in [0, 0.1) is 5.92 Å². The van der Waals surface area contributed by atoms with Crippen LogP contribution in [0.2, 0.25) is 0 Å². The highest BCUT2D eigenvalue weighted by atomic mass is 16.6. The van der Waals surface area contributed by atoms with Crippen LogP contribution >= 0.6 is 0 Å². The molecule has 0 radical (unpaired) electrons. The van der Waals surface area contributed by atoms with Crippen LogP contribution in [0.3, 0.4) is 0 Å². The van der Waals surface area contributed by atoms with Gasteiger partial charge in [0.05, 0.1) is 0 Å². The fourth-order valence-electron chi connectivity index (χ4n) is 5.03. The molecule has 1 unspecified atom stereocenters. The number of anilines is 1. The lowest BCUT2D eigenvalue weighted by molar-refractivity contribution is -0.166. The monoisotopic (exact) mass is 435 g/mol. The predicted octanol–water partition coefficient (Wildman–Crippen LogP) is 5.89. The Hall–Kier alpha value is -2.95. The lowest BCUT2D eigenvalue weighted by Gasteiger charge is -2.43. The van der Waals surface area contributed by atoms with E-state index in [0.29, 0.717) is 25.0 Å². The first-order valence-corrected chi connectivity index (χ1v) is 11.7. The zero-order chi connectivity index (χ0) is 22.7. The number of hydrogen-bond acceptors (Lipinski definition) is 5. The topological polar surface area (TPSA) is 70.0 Å². The highest BCUT2D eigenvalue weighted by molar-refractivity contribution is 5.94. The number of esters is 1. The molecule has 5 heteroatoms. The van der Waals surface area contributed by atoms with E-state index < -0.39 is 11.6 Å². The van der Waals surface area contributed by atoms with Crippen LogP contribution < -0.4 is 4.90 Å². The van der Waals surface area contributed by atoms with Crippen LogP contribution in [0.5, 0.6) is 5.75 Å². The number of phenols is 1. The van der Waals surface area contributed by atoms with Crippen molar-refractivity contribution < 1.29 is 19.7 Å². The minimum atomic E-state index is -0.763. The molecule has 170 valence electrons. The second-order valence-electron chi connectivity index (χ2n) is 9.39. The van der Waals surface area contributed by atoms with Crippen molar-refractivity contribution in [1.82, 2.24) is 0 Å². The van der Waals surface area contributed by atoms with Crippen molar-refractivity contribution in [2.45, 2.75) is 70.4 Å². The van der Waals surface area contributed by atoms with Gasteiger partial charge in [0.25, 0.3) is 0 Å². The number of ether oxygens (including phenoxy) is 1. The molecule has 1 heterocycles. The summed E-state index contributed by atoms with van der Waals surface area (Å²) < 4.78 is 6.18. The molecule has 2 N–H and O–H groups in total. The fraction of sp³-hybridized carbons (Fsp3) is 0.444. The van der Waals surface area contributed by atoms with Gasteiger partial charge in [-0.15, -0.1) is 0 Å². The van der Waals surface area contributed by atoms with Gasteiger partial charge in [-0.25, -0.2) is 4.79 Å². The maximum absolute atomic E-state index is 13.4. The standard InChI is InChI=1S/C27H33NO4/c1-19(2)27(17-16-20-12-14-23(29)15-13-20)18-24(30)25(26(31)32-27)28(22-10-6-7-11-22)21-8-4-3-5-9-21/h3-5,8-9,12-15,19,22,29-30H,6-7,10-11,16-18H2,1-2H3. The van der Waals surface area contributed by atoms with Crippen molar-refractivity contribution >= 4 is 11.7 Å². The number of hydrogen-bond donors (Lipinski definition) is 2. The van der Waals surface area contributed by atoms with Gasteiger partial charge in [-0.05, 0) is 61.4 Å². The van der Waals surface area contributed by atoms with Gasteiger partial charge in [-0.1, -0.05) is 57.0 Å². The molecule has 0 amide bonds. The molecule has 1 aliphatic heterocycles. The molecule has 0 bridgehead atoms. The molecule has 0 saturated heterocycles. The third-order valence-electron chi connectivity index (χ3n) is 7.02. The Morgan fingerprint density at radius 1 is 1.03 bits per heavy atom. The second-order valence-corrected chi connectivity index (χ2v) is 9.39. The molecule has 2 aliphatic rings. The minimum Gasteiger partial charge on any atom is -0.510 e. The van der Waals surface area contributed by atoms with E-state index in [1.54, 1.807) is 12.1 Å². The van der Waals surface area contributed by atoms with Crippen LogP contribution in [-0.4, -0.2) is 27.8 Å². The summed E-state index contributed by atoms with van der Waals surface area (Å²) in [7, 11) is 0. The summed E-state index contributed by atoms with van der Waals surface area (Å²) in [4.78, 5) is 15.4. The van der Waals surface area contributed by atoms with E-state index in [1.165, 1.54) is 0 Å². The van der Waals surface area contributed by atoms with E-state index in [9.17, 15) is 15.0 Å². The molecule has 4 rings (SSSR count). The minimum absolute atomic E-state index is 0.0453. The Labute approximate surface area is 190 Å². The van der Waals surface area contributed by atoms with Crippen LogP contribution in [0.15, 0.2) is 66.1 Å². The molecule has 5 nitrogen and oxygen atoms in total. The van der Waals surface area contributed by atoms with E-state index in [-0.39, 0.29) is 23.5 Å². The summed E-state index contributed by atoms with van der Waals surface area (Å²) in [6.07, 6.45) is 5.84. The Morgan fingerprint density at radius 2 is 1.69 bits per heavy atom. The number of phenolic OH excluding ortho intramolecular Hbond substituents is 1. The van der Waals surface area contributed by atoms with Gasteiger partial charge in [0, 0.05) is 18.2 Å². The number of para-hydroxylation sites is 1. The summed E-state index contributed by atoms with van der Waals surface area (Å²) in [5.74, 6) is -0.0428. The average Bonchev–Trinajstić information content (AvgIpc) is 3.30. The number of cyclic esters (lactones) is 1. The Kier molecular flexibility index (Phi) is 6.45. The molecule has 2 aromatic rings. The average molecular weight is 436 g/mol. The largest absolute Gasteiger partial charge is 0.510 e. The fourth-order valence-corrected chi connectivity index (χ4v) is 5.03. The molecule has 32 heavy (non-hydrogen) atoms. The second kappa shape index (κ2) is 9.27. The first kappa shape index (κ1) is 22.3. The number of aromatic hydroxyl groups is 1. The Morgan fingerprint density at radius 3 is 2.28 bits per heavy atom. The smallest absolute Gasteiger partial charge is 0.359 e. The van der Waals surface area contributed by atoms with Gasteiger partial charge < -0.3 is 19.8 Å². The first-order chi connectivity index (χ1) is 15.4. The molecule has 0 aromatic heterocycles. The van der Waals surface area contributed by atoms with Crippen molar-refractivity contribution in [3.05, 3.63) is 71.6 Å². The number of aryl methyl sites for hydroxylation is 1. The van der Waals surface area contributed by atoms with E-state index >= 15 is 0 Å². The summed E-state index contributed by atoms with van der Waals surface area (Å²) in [5.41, 5.74) is 1.51. The maximum Gasteiger partial charge on any atom is 0.359 e.